The summed E-state index contributed by atoms with van der Waals surface area (Å²) in [5.41, 5.74) is 1.90. The molecule has 0 atom stereocenters. The molecule has 0 amide bonds. The van der Waals surface area contributed by atoms with E-state index in [2.05, 4.69) is 9.97 Å². The third-order valence-corrected chi connectivity index (χ3v) is 1.37. The Morgan fingerprint density at radius 3 is 1.73 bits per heavy atom. The molecule has 0 bridgehead atoms. The Kier molecular flexibility index (Phi) is 2.39. The number of nitrogens with zero attached hydrogens (tertiary/aromatic N) is 2. The quantitative estimate of drug-likeness (QED) is 0.599. The lowest BCUT2D eigenvalue weighted by Crippen LogP contribution is -1.78. The number of rotatable bonds is 0. The van der Waals surface area contributed by atoms with E-state index in [1.54, 1.807) is 12.4 Å². The fourth-order valence-electron chi connectivity index (χ4n) is 0.904. The van der Waals surface area contributed by atoms with Crippen LogP contribution in [0.1, 0.15) is 0 Å². The largest absolute Gasteiger partial charge is 0.255 e. The van der Waals surface area contributed by atoms with E-state index in [0.29, 0.717) is 0 Å². The van der Waals surface area contributed by atoms with Crippen molar-refractivity contribution in [3.63, 3.8) is 0 Å². The number of halogens is 1. The maximum atomic E-state index is 4.12. The first-order valence-corrected chi connectivity index (χ1v) is 3.12. The normalized spacial score (nSPS) is 9.09. The van der Waals surface area contributed by atoms with Crippen molar-refractivity contribution in [2.24, 2.45) is 0 Å². The molecule has 2 nitrogen and oxygen atoms in total. The van der Waals surface area contributed by atoms with Crippen molar-refractivity contribution < 1.29 is 0 Å². The molecule has 2 aromatic heterocycles. The van der Waals surface area contributed by atoms with E-state index in [-0.39, 0.29) is 12.4 Å². The molecule has 2 rings (SSSR count). The van der Waals surface area contributed by atoms with E-state index in [9.17, 15) is 0 Å². The number of pyridine rings is 2. The summed E-state index contributed by atoms with van der Waals surface area (Å²) in [6.07, 6.45) is 3.54. The van der Waals surface area contributed by atoms with E-state index < -0.39 is 0 Å². The van der Waals surface area contributed by atoms with Crippen molar-refractivity contribution in [3.05, 3.63) is 36.7 Å². The van der Waals surface area contributed by atoms with Crippen molar-refractivity contribution >= 4 is 23.4 Å². The minimum absolute atomic E-state index is 0. The Balaban J connectivity index is 0.000000605. The smallest absolute Gasteiger partial charge is 0.0886 e. The molecule has 3 heteroatoms. The first kappa shape index (κ1) is 7.95. The molecule has 0 aliphatic carbocycles. The van der Waals surface area contributed by atoms with Gasteiger partial charge >= 0.3 is 0 Å². The Bertz CT molecular complexity index is 283. The predicted molar refractivity (Wildman–Crippen MR) is 46.8 cm³/mol. The fraction of sp³-hybridized carbons (Fsp3) is 0. The van der Waals surface area contributed by atoms with Gasteiger partial charge in [-0.3, -0.25) is 9.97 Å². The van der Waals surface area contributed by atoms with Crippen molar-refractivity contribution in [1.82, 2.24) is 9.97 Å². The SMILES string of the molecule is Cl.c1cnc2cccnc2c1. The van der Waals surface area contributed by atoms with Crippen LogP contribution >= 0.6 is 12.4 Å². The van der Waals surface area contributed by atoms with Gasteiger partial charge in [0, 0.05) is 12.4 Å². The molecule has 0 N–H and O–H groups in total. The van der Waals surface area contributed by atoms with Gasteiger partial charge in [-0.05, 0) is 24.3 Å². The van der Waals surface area contributed by atoms with E-state index in [0.717, 1.165) is 11.0 Å². The third-order valence-electron chi connectivity index (χ3n) is 1.37. The Labute approximate surface area is 70.7 Å². The molecule has 0 aliphatic heterocycles. The Morgan fingerprint density at radius 2 is 1.27 bits per heavy atom. The molecule has 0 radical (unpaired) electrons. The van der Waals surface area contributed by atoms with Crippen LogP contribution in [0.5, 0.6) is 0 Å². The summed E-state index contributed by atoms with van der Waals surface area (Å²) in [5, 5.41) is 0. The fourth-order valence-corrected chi connectivity index (χ4v) is 0.904. The zero-order valence-corrected chi connectivity index (χ0v) is 6.58. The summed E-state index contributed by atoms with van der Waals surface area (Å²) >= 11 is 0. The van der Waals surface area contributed by atoms with E-state index >= 15 is 0 Å². The molecule has 2 heterocycles. The van der Waals surface area contributed by atoms with Gasteiger partial charge in [0.25, 0.3) is 0 Å². The number of hydrogen-bond acceptors (Lipinski definition) is 2. The van der Waals surface area contributed by atoms with Crippen LogP contribution in [0.25, 0.3) is 11.0 Å². The molecular weight excluding hydrogens is 160 g/mol. The van der Waals surface area contributed by atoms with Gasteiger partial charge in [-0.15, -0.1) is 12.4 Å². The summed E-state index contributed by atoms with van der Waals surface area (Å²) < 4.78 is 0. The van der Waals surface area contributed by atoms with Crippen molar-refractivity contribution in [3.8, 4) is 0 Å². The maximum Gasteiger partial charge on any atom is 0.0886 e. The van der Waals surface area contributed by atoms with Gasteiger partial charge in [-0.25, -0.2) is 0 Å². The van der Waals surface area contributed by atoms with Crippen molar-refractivity contribution in [1.29, 1.82) is 0 Å². The maximum absolute atomic E-state index is 4.12. The highest BCUT2D eigenvalue weighted by Gasteiger charge is 1.88. The number of aromatic nitrogens is 2. The minimum atomic E-state index is 0. The summed E-state index contributed by atoms with van der Waals surface area (Å²) in [4.78, 5) is 8.24. The monoisotopic (exact) mass is 166 g/mol. The minimum Gasteiger partial charge on any atom is -0.255 e. The van der Waals surface area contributed by atoms with Crippen LogP contribution in [0, 0.1) is 0 Å². The van der Waals surface area contributed by atoms with Gasteiger partial charge in [0.05, 0.1) is 11.0 Å². The van der Waals surface area contributed by atoms with Gasteiger partial charge in [0.2, 0.25) is 0 Å². The molecule has 0 aromatic carbocycles. The lowest BCUT2D eigenvalue weighted by atomic mass is 10.3. The molecule has 0 spiro atoms. The topological polar surface area (TPSA) is 25.8 Å². The number of hydrogen-bond donors (Lipinski definition) is 0. The first-order valence-electron chi connectivity index (χ1n) is 3.12. The summed E-state index contributed by atoms with van der Waals surface area (Å²) in [7, 11) is 0. The molecule has 0 saturated heterocycles. The third kappa shape index (κ3) is 1.46. The highest BCUT2D eigenvalue weighted by molar-refractivity contribution is 5.85. The van der Waals surface area contributed by atoms with E-state index in [1.807, 2.05) is 24.3 Å². The predicted octanol–water partition coefficient (Wildman–Crippen LogP) is 2.05. The molecule has 11 heavy (non-hydrogen) atoms. The van der Waals surface area contributed by atoms with Gasteiger partial charge in [-0.2, -0.15) is 0 Å². The van der Waals surface area contributed by atoms with E-state index in [1.165, 1.54) is 0 Å². The summed E-state index contributed by atoms with van der Waals surface area (Å²) in [5.74, 6) is 0. The molecule has 0 aliphatic rings. The molecular formula is C8H7ClN2. The standard InChI is InChI=1S/C8H6N2.ClH/c1-3-7-8(9-5-1)4-2-6-10-7;/h1-6H;1H. The van der Waals surface area contributed by atoms with Gasteiger partial charge in [-0.1, -0.05) is 0 Å². The molecule has 2 aromatic rings. The van der Waals surface area contributed by atoms with Crippen LogP contribution in [0.4, 0.5) is 0 Å². The molecule has 0 fully saturated rings. The highest BCUT2D eigenvalue weighted by Crippen LogP contribution is 2.04. The van der Waals surface area contributed by atoms with Crippen LogP contribution < -0.4 is 0 Å². The highest BCUT2D eigenvalue weighted by atomic mass is 35.5. The van der Waals surface area contributed by atoms with Crippen LogP contribution in [0.15, 0.2) is 36.7 Å². The van der Waals surface area contributed by atoms with Crippen LogP contribution in [-0.2, 0) is 0 Å². The second-order valence-corrected chi connectivity index (χ2v) is 2.05. The van der Waals surface area contributed by atoms with E-state index in [4.69, 9.17) is 0 Å². The summed E-state index contributed by atoms with van der Waals surface area (Å²) in [6.45, 7) is 0. The number of fused-ring (bicyclic) bond motifs is 1. The Morgan fingerprint density at radius 1 is 0.818 bits per heavy atom. The summed E-state index contributed by atoms with van der Waals surface area (Å²) in [6, 6.07) is 7.66. The van der Waals surface area contributed by atoms with Gasteiger partial charge < -0.3 is 0 Å². The van der Waals surface area contributed by atoms with Crippen molar-refractivity contribution in [2.75, 3.05) is 0 Å². The van der Waals surface area contributed by atoms with Crippen molar-refractivity contribution in [2.45, 2.75) is 0 Å². The second-order valence-electron chi connectivity index (χ2n) is 2.05. The zero-order valence-electron chi connectivity index (χ0n) is 5.77. The lowest BCUT2D eigenvalue weighted by molar-refractivity contribution is 1.34. The average molecular weight is 167 g/mol. The lowest BCUT2D eigenvalue weighted by Gasteiger charge is -1.90. The molecule has 0 saturated carbocycles. The van der Waals surface area contributed by atoms with Crippen LogP contribution in [-0.4, -0.2) is 9.97 Å². The second kappa shape index (κ2) is 3.30. The van der Waals surface area contributed by atoms with Crippen LogP contribution in [0.2, 0.25) is 0 Å². The molecule has 56 valence electrons. The van der Waals surface area contributed by atoms with Gasteiger partial charge in [0.15, 0.2) is 0 Å². The molecule has 0 unspecified atom stereocenters. The average Bonchev–Trinajstić information content (AvgIpc) is 2.05. The Hall–Kier alpha value is -1.15. The van der Waals surface area contributed by atoms with Gasteiger partial charge in [0.1, 0.15) is 0 Å². The zero-order chi connectivity index (χ0) is 6.81. The van der Waals surface area contributed by atoms with Crippen LogP contribution in [0.3, 0.4) is 0 Å². The first-order chi connectivity index (χ1) is 4.97.